The second-order valence-corrected chi connectivity index (χ2v) is 8.57. The van der Waals surface area contributed by atoms with E-state index < -0.39 is 11.5 Å². The summed E-state index contributed by atoms with van der Waals surface area (Å²) >= 11 is 0. The number of benzene rings is 2. The lowest BCUT2D eigenvalue weighted by atomic mass is 9.90. The molecular formula is C24H26N2O5. The Bertz CT molecular complexity index is 949. The first kappa shape index (κ1) is 20.0. The molecule has 7 heteroatoms. The van der Waals surface area contributed by atoms with Gasteiger partial charge in [0.25, 0.3) is 0 Å². The molecular weight excluding hydrogens is 396 g/mol. The largest absolute Gasteiger partial charge is 0.481 e. The molecule has 2 aromatic carbocycles. The van der Waals surface area contributed by atoms with Crippen LogP contribution < -0.4 is 0 Å². The number of hydrogen-bond donors (Lipinski definition) is 1. The van der Waals surface area contributed by atoms with Gasteiger partial charge in [-0.05, 0) is 22.3 Å². The van der Waals surface area contributed by atoms with Crippen LogP contribution in [0.15, 0.2) is 48.5 Å². The van der Waals surface area contributed by atoms with Crippen molar-refractivity contribution in [1.29, 1.82) is 0 Å². The molecule has 1 amide bonds. The fourth-order valence-electron chi connectivity index (χ4n) is 5.06. The first-order chi connectivity index (χ1) is 15.1. The highest BCUT2D eigenvalue weighted by Gasteiger charge is 2.47. The summed E-state index contributed by atoms with van der Waals surface area (Å²) in [6, 6.07) is 16.6. The van der Waals surface area contributed by atoms with Crippen molar-refractivity contribution >= 4 is 12.1 Å². The quantitative estimate of drug-likeness (QED) is 0.798. The van der Waals surface area contributed by atoms with Crippen molar-refractivity contribution in [1.82, 2.24) is 9.80 Å². The van der Waals surface area contributed by atoms with Gasteiger partial charge >= 0.3 is 12.1 Å². The number of aliphatic carboxylic acids is 1. The number of carboxylic acids is 1. The summed E-state index contributed by atoms with van der Waals surface area (Å²) < 4.78 is 11.1. The van der Waals surface area contributed by atoms with Crippen LogP contribution in [0.4, 0.5) is 4.79 Å². The van der Waals surface area contributed by atoms with E-state index in [4.69, 9.17) is 9.47 Å². The van der Waals surface area contributed by atoms with E-state index >= 15 is 0 Å². The van der Waals surface area contributed by atoms with Crippen LogP contribution >= 0.6 is 0 Å². The Labute approximate surface area is 181 Å². The number of amides is 1. The van der Waals surface area contributed by atoms with E-state index in [1.807, 2.05) is 24.3 Å². The van der Waals surface area contributed by atoms with E-state index in [-0.39, 0.29) is 18.4 Å². The van der Waals surface area contributed by atoms with Gasteiger partial charge in [-0.1, -0.05) is 48.5 Å². The fraction of sp³-hybridized carbons (Fsp3) is 0.417. The molecule has 1 N–H and O–H groups in total. The molecule has 1 aliphatic carbocycles. The van der Waals surface area contributed by atoms with Crippen molar-refractivity contribution in [2.75, 3.05) is 46.0 Å². The molecule has 0 radical (unpaired) electrons. The zero-order valence-electron chi connectivity index (χ0n) is 17.3. The van der Waals surface area contributed by atoms with Gasteiger partial charge in [-0.25, -0.2) is 4.79 Å². The number of piperazine rings is 1. The highest BCUT2D eigenvalue weighted by Crippen LogP contribution is 2.44. The van der Waals surface area contributed by atoms with Gasteiger partial charge in [0, 0.05) is 32.1 Å². The number of hydrogen-bond acceptors (Lipinski definition) is 5. The predicted molar refractivity (Wildman–Crippen MR) is 114 cm³/mol. The first-order valence-corrected chi connectivity index (χ1v) is 10.7. The highest BCUT2D eigenvalue weighted by atomic mass is 16.6. The van der Waals surface area contributed by atoms with Gasteiger partial charge < -0.3 is 19.5 Å². The summed E-state index contributed by atoms with van der Waals surface area (Å²) in [6.45, 7) is 3.48. The highest BCUT2D eigenvalue weighted by molar-refractivity contribution is 5.79. The summed E-state index contributed by atoms with van der Waals surface area (Å²) in [5, 5.41) is 9.23. The van der Waals surface area contributed by atoms with Crippen LogP contribution in [-0.2, 0) is 14.3 Å². The van der Waals surface area contributed by atoms with Crippen LogP contribution in [0.2, 0.25) is 0 Å². The van der Waals surface area contributed by atoms with Crippen LogP contribution in [0, 0.1) is 0 Å². The van der Waals surface area contributed by atoms with Crippen LogP contribution in [0.5, 0.6) is 0 Å². The zero-order chi connectivity index (χ0) is 21.4. The van der Waals surface area contributed by atoms with Gasteiger partial charge in [-0.15, -0.1) is 0 Å². The van der Waals surface area contributed by atoms with E-state index in [1.165, 1.54) is 22.3 Å². The van der Waals surface area contributed by atoms with Gasteiger partial charge in [0.2, 0.25) is 0 Å². The molecule has 0 aromatic heterocycles. The van der Waals surface area contributed by atoms with Crippen LogP contribution in [0.3, 0.4) is 0 Å². The minimum atomic E-state index is -0.817. The Balaban J connectivity index is 1.20. The van der Waals surface area contributed by atoms with E-state index in [2.05, 4.69) is 29.2 Å². The number of ether oxygens (including phenoxy) is 2. The Kier molecular flexibility index (Phi) is 5.16. The second kappa shape index (κ2) is 7.98. The smallest absolute Gasteiger partial charge is 0.409 e. The van der Waals surface area contributed by atoms with Crippen molar-refractivity contribution in [3.05, 3.63) is 59.7 Å². The minimum absolute atomic E-state index is 0.0450. The summed E-state index contributed by atoms with van der Waals surface area (Å²) in [7, 11) is 0. The standard InChI is InChI=1S/C24H26N2O5/c27-22(28)13-24(15-30-16-24)26-11-9-25(10-12-26)23(29)31-14-21-19-7-3-1-5-17(19)18-6-2-4-8-20(18)21/h1-8,21H,9-16H2,(H,27,28). The van der Waals surface area contributed by atoms with Gasteiger partial charge in [0.1, 0.15) is 6.61 Å². The topological polar surface area (TPSA) is 79.3 Å². The third-order valence-electron chi connectivity index (χ3n) is 6.77. The number of fused-ring (bicyclic) bond motifs is 3. The molecule has 0 spiro atoms. The molecule has 0 bridgehead atoms. The van der Waals surface area contributed by atoms with Crippen molar-refractivity contribution in [3.8, 4) is 11.1 Å². The molecule has 2 fully saturated rings. The van der Waals surface area contributed by atoms with Crippen LogP contribution in [0.1, 0.15) is 23.5 Å². The predicted octanol–water partition coefficient (Wildman–Crippen LogP) is 2.80. The molecule has 2 saturated heterocycles. The van der Waals surface area contributed by atoms with Crippen molar-refractivity contribution in [2.45, 2.75) is 17.9 Å². The van der Waals surface area contributed by atoms with Crippen LogP contribution in [-0.4, -0.2) is 78.5 Å². The summed E-state index contributed by atoms with van der Waals surface area (Å²) in [4.78, 5) is 27.9. The summed E-state index contributed by atoms with van der Waals surface area (Å²) in [6.07, 6.45) is -0.239. The van der Waals surface area contributed by atoms with Crippen molar-refractivity contribution in [3.63, 3.8) is 0 Å². The Morgan fingerprint density at radius 3 is 2.06 bits per heavy atom. The molecule has 0 saturated carbocycles. The van der Waals surface area contributed by atoms with E-state index in [9.17, 15) is 14.7 Å². The van der Waals surface area contributed by atoms with Crippen molar-refractivity contribution in [2.24, 2.45) is 0 Å². The van der Waals surface area contributed by atoms with Gasteiger partial charge in [-0.3, -0.25) is 9.69 Å². The van der Waals surface area contributed by atoms with Gasteiger partial charge in [0.05, 0.1) is 25.2 Å². The monoisotopic (exact) mass is 422 g/mol. The summed E-state index contributed by atoms with van der Waals surface area (Å²) in [5.74, 6) is -0.772. The van der Waals surface area contributed by atoms with E-state index in [0.717, 1.165) is 0 Å². The lowest BCUT2D eigenvalue weighted by molar-refractivity contribution is -0.170. The minimum Gasteiger partial charge on any atom is -0.481 e. The second-order valence-electron chi connectivity index (χ2n) is 8.57. The summed E-state index contributed by atoms with van der Waals surface area (Å²) in [5.41, 5.74) is 4.38. The number of carbonyl (C=O) groups is 2. The zero-order valence-corrected chi connectivity index (χ0v) is 17.3. The Morgan fingerprint density at radius 1 is 0.968 bits per heavy atom. The number of carboxylic acid groups (broad SMARTS) is 1. The molecule has 2 aliphatic heterocycles. The van der Waals surface area contributed by atoms with Gasteiger partial charge in [0.15, 0.2) is 0 Å². The molecule has 31 heavy (non-hydrogen) atoms. The van der Waals surface area contributed by atoms with Crippen LogP contribution in [0.25, 0.3) is 11.1 Å². The number of carbonyl (C=O) groups excluding carboxylic acids is 1. The Morgan fingerprint density at radius 2 is 1.55 bits per heavy atom. The molecule has 7 nitrogen and oxygen atoms in total. The molecule has 2 heterocycles. The number of nitrogens with zero attached hydrogens (tertiary/aromatic N) is 2. The fourth-order valence-corrected chi connectivity index (χ4v) is 5.06. The lowest BCUT2D eigenvalue weighted by Gasteiger charge is -2.51. The molecule has 0 unspecified atom stereocenters. The van der Waals surface area contributed by atoms with E-state index in [0.29, 0.717) is 46.0 Å². The average Bonchev–Trinajstić information content (AvgIpc) is 3.08. The molecule has 2 aromatic rings. The number of rotatable bonds is 5. The maximum atomic E-state index is 12.8. The average molecular weight is 422 g/mol. The third kappa shape index (κ3) is 3.58. The lowest BCUT2D eigenvalue weighted by Crippen LogP contribution is -2.67. The third-order valence-corrected chi connectivity index (χ3v) is 6.77. The first-order valence-electron chi connectivity index (χ1n) is 10.7. The Hall–Kier alpha value is -2.90. The molecule has 0 atom stereocenters. The maximum absolute atomic E-state index is 12.8. The van der Waals surface area contributed by atoms with E-state index in [1.54, 1.807) is 4.90 Å². The SMILES string of the molecule is O=C(O)CC1(N2CCN(C(=O)OCC3c4ccccc4-c4ccccc43)CC2)COC1. The molecule has 162 valence electrons. The maximum Gasteiger partial charge on any atom is 0.409 e. The normalized spacial score (nSPS) is 19.9. The van der Waals surface area contributed by atoms with Crippen molar-refractivity contribution < 1.29 is 24.2 Å². The molecule has 3 aliphatic rings. The van der Waals surface area contributed by atoms with Gasteiger partial charge in [-0.2, -0.15) is 0 Å². The molecule has 5 rings (SSSR count).